The zero-order valence-corrected chi connectivity index (χ0v) is 10.5. The lowest BCUT2D eigenvalue weighted by molar-refractivity contribution is 0.133. The van der Waals surface area contributed by atoms with Gasteiger partial charge < -0.3 is 10.0 Å². The number of nitrogen functional groups attached to an aromatic ring is 1. The summed E-state index contributed by atoms with van der Waals surface area (Å²) in [6.45, 7) is 3.86. The smallest absolute Gasteiger partial charge is 0.239 e. The number of nitrogens with one attached hydrogen (secondary N) is 1. The van der Waals surface area contributed by atoms with Crippen molar-refractivity contribution in [2.75, 3.05) is 23.4 Å². The van der Waals surface area contributed by atoms with Gasteiger partial charge in [-0.1, -0.05) is 0 Å². The van der Waals surface area contributed by atoms with Gasteiger partial charge in [0.25, 0.3) is 0 Å². The van der Waals surface area contributed by atoms with Crippen molar-refractivity contribution in [3.63, 3.8) is 0 Å². The number of hydrazine groups is 1. The third kappa shape index (κ3) is 1.81. The highest BCUT2D eigenvalue weighted by Crippen LogP contribution is 2.40. The lowest BCUT2D eigenvalue weighted by atomic mass is 10.00. The Morgan fingerprint density at radius 3 is 3.00 bits per heavy atom. The SMILES string of the molecule is Cc1cnc(NN)nc1N1CC2CCC(O)C2C1. The Kier molecular flexibility index (Phi) is 2.83. The van der Waals surface area contributed by atoms with Crippen LogP contribution in [-0.2, 0) is 0 Å². The molecule has 1 aromatic heterocycles. The highest BCUT2D eigenvalue weighted by molar-refractivity contribution is 5.50. The Balaban J connectivity index is 1.84. The van der Waals surface area contributed by atoms with Gasteiger partial charge in [-0.05, 0) is 25.7 Å². The minimum Gasteiger partial charge on any atom is -0.393 e. The van der Waals surface area contributed by atoms with E-state index in [0.29, 0.717) is 17.8 Å². The Hall–Kier alpha value is -1.40. The minimum atomic E-state index is -0.144. The topological polar surface area (TPSA) is 87.3 Å². The molecule has 2 fully saturated rings. The van der Waals surface area contributed by atoms with Gasteiger partial charge >= 0.3 is 0 Å². The van der Waals surface area contributed by atoms with Crippen LogP contribution in [0.3, 0.4) is 0 Å². The number of nitrogens with two attached hydrogens (primary N) is 1. The Morgan fingerprint density at radius 1 is 1.44 bits per heavy atom. The lowest BCUT2D eigenvalue weighted by Gasteiger charge is -2.21. The third-order valence-corrected chi connectivity index (χ3v) is 4.19. The van der Waals surface area contributed by atoms with Crippen molar-refractivity contribution in [3.8, 4) is 0 Å². The standard InChI is InChI=1S/C12H19N5O/c1-7-4-14-12(16-13)15-11(7)17-5-8-2-3-10(18)9(8)6-17/h4,8-10,18H,2-3,5-6,13H2,1H3,(H,14,15,16). The van der Waals surface area contributed by atoms with Crippen molar-refractivity contribution >= 4 is 11.8 Å². The summed E-state index contributed by atoms with van der Waals surface area (Å²) in [6.07, 6.45) is 3.70. The number of rotatable bonds is 2. The number of aliphatic hydroxyl groups is 1. The van der Waals surface area contributed by atoms with Crippen LogP contribution < -0.4 is 16.2 Å². The second kappa shape index (κ2) is 4.37. The van der Waals surface area contributed by atoms with Crippen molar-refractivity contribution in [1.82, 2.24) is 9.97 Å². The Bertz CT molecular complexity index is 452. The molecule has 1 aliphatic heterocycles. The van der Waals surface area contributed by atoms with Gasteiger partial charge in [-0.15, -0.1) is 0 Å². The molecule has 2 heterocycles. The summed E-state index contributed by atoms with van der Waals surface area (Å²) < 4.78 is 0. The van der Waals surface area contributed by atoms with E-state index in [2.05, 4.69) is 20.3 Å². The van der Waals surface area contributed by atoms with E-state index in [1.54, 1.807) is 6.20 Å². The van der Waals surface area contributed by atoms with Crippen molar-refractivity contribution in [1.29, 1.82) is 0 Å². The molecule has 0 amide bonds. The summed E-state index contributed by atoms with van der Waals surface area (Å²) in [6, 6.07) is 0. The van der Waals surface area contributed by atoms with E-state index in [9.17, 15) is 5.11 Å². The van der Waals surface area contributed by atoms with E-state index in [1.165, 1.54) is 0 Å². The summed E-state index contributed by atoms with van der Waals surface area (Å²) >= 11 is 0. The molecule has 1 saturated carbocycles. The molecule has 2 aliphatic rings. The van der Waals surface area contributed by atoms with Gasteiger partial charge in [0.05, 0.1) is 6.10 Å². The maximum atomic E-state index is 9.94. The highest BCUT2D eigenvalue weighted by atomic mass is 16.3. The quantitative estimate of drug-likeness (QED) is 0.515. The Labute approximate surface area is 106 Å². The van der Waals surface area contributed by atoms with Gasteiger partial charge in [-0.3, -0.25) is 5.43 Å². The van der Waals surface area contributed by atoms with Gasteiger partial charge in [0.2, 0.25) is 5.95 Å². The summed E-state index contributed by atoms with van der Waals surface area (Å²) in [5, 5.41) is 9.94. The summed E-state index contributed by atoms with van der Waals surface area (Å²) in [7, 11) is 0. The number of nitrogens with zero attached hydrogens (tertiary/aromatic N) is 3. The van der Waals surface area contributed by atoms with Crippen LogP contribution in [0.4, 0.5) is 11.8 Å². The number of hydrogen-bond acceptors (Lipinski definition) is 6. The predicted octanol–water partition coefficient (Wildman–Crippen LogP) is 0.278. The fourth-order valence-electron chi connectivity index (χ4n) is 3.23. The molecule has 18 heavy (non-hydrogen) atoms. The number of fused-ring (bicyclic) bond motifs is 1. The van der Waals surface area contributed by atoms with E-state index < -0.39 is 0 Å². The van der Waals surface area contributed by atoms with Crippen LogP contribution in [-0.4, -0.2) is 34.3 Å². The maximum absolute atomic E-state index is 9.94. The van der Waals surface area contributed by atoms with E-state index in [1.807, 2.05) is 6.92 Å². The van der Waals surface area contributed by atoms with Crippen LogP contribution in [0.25, 0.3) is 0 Å². The molecule has 1 aromatic rings. The molecular formula is C12H19N5O. The molecule has 6 heteroatoms. The summed E-state index contributed by atoms with van der Waals surface area (Å²) in [5.74, 6) is 7.71. The van der Waals surface area contributed by atoms with Crippen LogP contribution in [0.5, 0.6) is 0 Å². The molecule has 3 rings (SSSR count). The van der Waals surface area contributed by atoms with Crippen molar-refractivity contribution in [2.45, 2.75) is 25.9 Å². The second-order valence-electron chi connectivity index (χ2n) is 5.32. The van der Waals surface area contributed by atoms with Gasteiger partial charge in [0.1, 0.15) is 5.82 Å². The van der Waals surface area contributed by atoms with Gasteiger partial charge in [0, 0.05) is 30.8 Å². The monoisotopic (exact) mass is 249 g/mol. The molecule has 3 atom stereocenters. The van der Waals surface area contributed by atoms with E-state index in [4.69, 9.17) is 5.84 Å². The number of hydrogen-bond donors (Lipinski definition) is 3. The summed E-state index contributed by atoms with van der Waals surface area (Å²) in [4.78, 5) is 10.8. The van der Waals surface area contributed by atoms with E-state index in [0.717, 1.165) is 37.3 Å². The molecule has 0 radical (unpaired) electrons. The largest absolute Gasteiger partial charge is 0.393 e. The zero-order valence-electron chi connectivity index (χ0n) is 10.5. The third-order valence-electron chi connectivity index (χ3n) is 4.19. The lowest BCUT2D eigenvalue weighted by Crippen LogP contribution is -2.26. The zero-order chi connectivity index (χ0) is 12.7. The van der Waals surface area contributed by atoms with E-state index >= 15 is 0 Å². The van der Waals surface area contributed by atoms with Gasteiger partial charge in [-0.25, -0.2) is 10.8 Å². The number of anilines is 2. The summed E-state index contributed by atoms with van der Waals surface area (Å²) in [5.41, 5.74) is 3.52. The average molecular weight is 249 g/mol. The molecule has 0 bridgehead atoms. The fraction of sp³-hybridized carbons (Fsp3) is 0.667. The van der Waals surface area contributed by atoms with Gasteiger partial charge in [-0.2, -0.15) is 4.98 Å². The van der Waals surface area contributed by atoms with E-state index in [-0.39, 0.29) is 6.10 Å². The second-order valence-corrected chi connectivity index (χ2v) is 5.32. The molecular weight excluding hydrogens is 230 g/mol. The van der Waals surface area contributed by atoms with Crippen molar-refractivity contribution in [3.05, 3.63) is 11.8 Å². The van der Waals surface area contributed by atoms with Crippen molar-refractivity contribution < 1.29 is 5.11 Å². The first-order valence-electron chi connectivity index (χ1n) is 6.42. The number of aliphatic hydroxyl groups excluding tert-OH is 1. The molecule has 4 N–H and O–H groups in total. The highest BCUT2D eigenvalue weighted by Gasteiger charge is 2.42. The number of aryl methyl sites for hydroxylation is 1. The fourth-order valence-corrected chi connectivity index (χ4v) is 3.23. The molecule has 1 aliphatic carbocycles. The van der Waals surface area contributed by atoms with Crippen LogP contribution in [0.15, 0.2) is 6.20 Å². The van der Waals surface area contributed by atoms with Crippen LogP contribution in [0, 0.1) is 18.8 Å². The predicted molar refractivity (Wildman–Crippen MR) is 69.0 cm³/mol. The molecule has 0 aromatic carbocycles. The van der Waals surface area contributed by atoms with Crippen molar-refractivity contribution in [2.24, 2.45) is 17.7 Å². The number of aromatic nitrogens is 2. The first kappa shape index (κ1) is 11.7. The minimum absolute atomic E-state index is 0.144. The normalized spacial score (nSPS) is 30.6. The molecule has 3 unspecified atom stereocenters. The van der Waals surface area contributed by atoms with Crippen LogP contribution >= 0.6 is 0 Å². The average Bonchev–Trinajstić information content (AvgIpc) is 2.93. The first-order chi connectivity index (χ1) is 8.69. The molecule has 0 spiro atoms. The molecule has 98 valence electrons. The first-order valence-corrected chi connectivity index (χ1v) is 6.42. The maximum Gasteiger partial charge on any atom is 0.239 e. The molecule has 6 nitrogen and oxygen atoms in total. The van der Waals surface area contributed by atoms with Crippen LogP contribution in [0.2, 0.25) is 0 Å². The van der Waals surface area contributed by atoms with Crippen LogP contribution in [0.1, 0.15) is 18.4 Å². The molecule has 1 saturated heterocycles. The van der Waals surface area contributed by atoms with Gasteiger partial charge in [0.15, 0.2) is 0 Å². The Morgan fingerprint density at radius 2 is 2.28 bits per heavy atom.